The summed E-state index contributed by atoms with van der Waals surface area (Å²) >= 11 is 0. The van der Waals surface area contributed by atoms with Gasteiger partial charge in [0.2, 0.25) is 0 Å². The van der Waals surface area contributed by atoms with Gasteiger partial charge >= 0.3 is 0 Å². The fraction of sp³-hybridized carbons (Fsp3) is 1.00. The molecule has 0 aliphatic heterocycles. The summed E-state index contributed by atoms with van der Waals surface area (Å²) < 4.78 is 0. The van der Waals surface area contributed by atoms with Crippen molar-refractivity contribution < 1.29 is 0 Å². The highest BCUT2D eigenvalue weighted by Crippen LogP contribution is 2.81. The van der Waals surface area contributed by atoms with Gasteiger partial charge < -0.3 is 0 Å². The second-order valence-electron chi connectivity index (χ2n) is 12.3. The van der Waals surface area contributed by atoms with Crippen molar-refractivity contribution in [1.29, 1.82) is 0 Å². The first-order valence-electron chi connectivity index (χ1n) is 11.1. The molecule has 0 aromatic rings. The van der Waals surface area contributed by atoms with E-state index in [1.807, 2.05) is 13.8 Å². The van der Waals surface area contributed by atoms with Gasteiger partial charge in [-0.3, -0.25) is 0 Å². The summed E-state index contributed by atoms with van der Waals surface area (Å²) in [5.74, 6) is 5.21. The fourth-order valence-corrected chi connectivity index (χ4v) is 8.32. The Bertz CT molecular complexity index is 516. The average Bonchev–Trinajstić information content (AvgIpc) is 2.91. The second-order valence-corrected chi connectivity index (χ2v) is 12.3. The van der Waals surface area contributed by atoms with Crippen LogP contribution in [0.3, 0.4) is 0 Å². The van der Waals surface area contributed by atoms with E-state index < -0.39 is 0 Å². The number of rotatable bonds is 0. The normalized spacial score (nSPS) is 46.8. The van der Waals surface area contributed by atoms with Gasteiger partial charge in [0.1, 0.15) is 0 Å². The SMILES string of the molecule is CC.CC1C2C(C(C)C(C)(C)C2(C)C)C2C1C(C)(C)C(C)(C)C2(C)C. The highest BCUT2D eigenvalue weighted by Gasteiger charge is 2.76. The highest BCUT2D eigenvalue weighted by atomic mass is 14.8. The molecule has 0 heterocycles. The minimum Gasteiger partial charge on any atom is -0.0683 e. The van der Waals surface area contributed by atoms with Crippen LogP contribution >= 0.6 is 0 Å². The molecule has 3 fully saturated rings. The van der Waals surface area contributed by atoms with E-state index in [4.69, 9.17) is 0 Å². The van der Waals surface area contributed by atoms with Crippen LogP contribution in [0.5, 0.6) is 0 Å². The Labute approximate surface area is 159 Å². The molecule has 0 heteroatoms. The first-order valence-corrected chi connectivity index (χ1v) is 11.1. The van der Waals surface area contributed by atoms with Gasteiger partial charge in [-0.1, -0.05) is 96.9 Å². The van der Waals surface area contributed by atoms with E-state index in [-0.39, 0.29) is 0 Å². The van der Waals surface area contributed by atoms with E-state index in [9.17, 15) is 0 Å². The first-order chi connectivity index (χ1) is 11.1. The maximum atomic E-state index is 2.61. The largest absolute Gasteiger partial charge is 0.0683 e. The Hall–Kier alpha value is 0. The zero-order valence-electron chi connectivity index (χ0n) is 20.0. The quantitative estimate of drug-likeness (QED) is 0.417. The summed E-state index contributed by atoms with van der Waals surface area (Å²) in [7, 11) is 0. The van der Waals surface area contributed by atoms with Crippen LogP contribution in [0.2, 0.25) is 0 Å². The molecule has 0 bridgehead atoms. The standard InChI is InChI=1S/C23H42.C2H6/c1-13-16-15(14(2)19(3,4)20(16,5)6)18-17(13)21(7,8)23(11,12)22(18,9)10;1-2/h13-18H,1-12H3;1-2H3. The molecule has 0 N–H and O–H groups in total. The van der Waals surface area contributed by atoms with Crippen LogP contribution in [0.15, 0.2) is 0 Å². The summed E-state index contributed by atoms with van der Waals surface area (Å²) in [5.41, 5.74) is 2.11. The van der Waals surface area contributed by atoms with Crippen LogP contribution in [-0.4, -0.2) is 0 Å². The minimum absolute atomic E-state index is 0.394. The van der Waals surface area contributed by atoms with Crippen molar-refractivity contribution in [2.45, 2.75) is 96.9 Å². The van der Waals surface area contributed by atoms with Gasteiger partial charge in [-0.25, -0.2) is 0 Å². The Morgan fingerprint density at radius 1 is 0.480 bits per heavy atom. The number of hydrogen-bond acceptors (Lipinski definition) is 0. The molecule has 0 spiro atoms. The topological polar surface area (TPSA) is 0 Å². The summed E-state index contributed by atoms with van der Waals surface area (Å²) in [6, 6.07) is 0. The summed E-state index contributed by atoms with van der Waals surface area (Å²) in [6.45, 7) is 34.9. The molecule has 0 aromatic heterocycles. The average molecular weight is 349 g/mol. The Morgan fingerprint density at radius 3 is 1.32 bits per heavy atom. The summed E-state index contributed by atoms with van der Waals surface area (Å²) in [5, 5.41) is 0. The molecule has 0 amide bonds. The number of fused-ring (bicyclic) bond motifs is 3. The lowest BCUT2D eigenvalue weighted by atomic mass is 9.55. The van der Waals surface area contributed by atoms with E-state index in [0.717, 1.165) is 35.5 Å². The van der Waals surface area contributed by atoms with Crippen molar-refractivity contribution in [3.8, 4) is 0 Å². The highest BCUT2D eigenvalue weighted by molar-refractivity contribution is 5.23. The molecule has 0 saturated heterocycles. The Balaban J connectivity index is 0.00000109. The molecule has 3 aliphatic rings. The van der Waals surface area contributed by atoms with E-state index >= 15 is 0 Å². The van der Waals surface area contributed by atoms with Crippen molar-refractivity contribution in [3.63, 3.8) is 0 Å². The third-order valence-electron chi connectivity index (χ3n) is 11.4. The third kappa shape index (κ3) is 2.07. The van der Waals surface area contributed by atoms with Gasteiger partial charge in [0.05, 0.1) is 0 Å². The first kappa shape index (κ1) is 21.3. The molecular formula is C25H48. The molecule has 3 saturated carbocycles. The van der Waals surface area contributed by atoms with Crippen LogP contribution in [0.1, 0.15) is 96.9 Å². The van der Waals surface area contributed by atoms with Crippen LogP contribution < -0.4 is 0 Å². The maximum Gasteiger partial charge on any atom is -0.0246 e. The predicted molar refractivity (Wildman–Crippen MR) is 113 cm³/mol. The van der Waals surface area contributed by atoms with Crippen molar-refractivity contribution >= 4 is 0 Å². The molecule has 0 radical (unpaired) electrons. The van der Waals surface area contributed by atoms with Crippen LogP contribution in [0.4, 0.5) is 0 Å². The molecule has 0 aromatic carbocycles. The van der Waals surface area contributed by atoms with E-state index in [1.54, 1.807) is 0 Å². The molecule has 6 atom stereocenters. The van der Waals surface area contributed by atoms with Crippen molar-refractivity contribution in [2.75, 3.05) is 0 Å². The van der Waals surface area contributed by atoms with Gasteiger partial charge in [-0.15, -0.1) is 0 Å². The minimum atomic E-state index is 0.394. The summed E-state index contributed by atoms with van der Waals surface area (Å²) in [4.78, 5) is 0. The van der Waals surface area contributed by atoms with Crippen LogP contribution in [0, 0.1) is 62.6 Å². The van der Waals surface area contributed by atoms with E-state index in [1.165, 1.54) is 0 Å². The van der Waals surface area contributed by atoms with Crippen molar-refractivity contribution in [1.82, 2.24) is 0 Å². The monoisotopic (exact) mass is 348 g/mol. The molecule has 3 aliphatic carbocycles. The smallest absolute Gasteiger partial charge is 0.0246 e. The molecule has 3 rings (SSSR count). The van der Waals surface area contributed by atoms with Crippen LogP contribution in [0.25, 0.3) is 0 Å². The van der Waals surface area contributed by atoms with Crippen LogP contribution in [-0.2, 0) is 0 Å². The lowest BCUT2D eigenvalue weighted by molar-refractivity contribution is -0.0105. The molecule has 25 heavy (non-hydrogen) atoms. The predicted octanol–water partition coefficient (Wildman–Crippen LogP) is 7.92. The Morgan fingerprint density at radius 2 is 0.880 bits per heavy atom. The Kier molecular flexibility index (Phi) is 4.70. The number of hydrogen-bond donors (Lipinski definition) is 0. The van der Waals surface area contributed by atoms with E-state index in [2.05, 4.69) is 83.1 Å². The molecule has 0 nitrogen and oxygen atoms in total. The second kappa shape index (κ2) is 5.51. The lowest BCUT2D eigenvalue weighted by Gasteiger charge is -2.49. The fourth-order valence-electron chi connectivity index (χ4n) is 8.32. The van der Waals surface area contributed by atoms with Gasteiger partial charge in [0.15, 0.2) is 0 Å². The van der Waals surface area contributed by atoms with Gasteiger partial charge in [0, 0.05) is 0 Å². The van der Waals surface area contributed by atoms with Crippen molar-refractivity contribution in [3.05, 3.63) is 0 Å². The zero-order chi connectivity index (χ0) is 20.0. The lowest BCUT2D eigenvalue weighted by Crippen LogP contribution is -2.43. The van der Waals surface area contributed by atoms with Gasteiger partial charge in [0.25, 0.3) is 0 Å². The van der Waals surface area contributed by atoms with E-state index in [0.29, 0.717) is 27.1 Å². The summed E-state index contributed by atoms with van der Waals surface area (Å²) in [6.07, 6.45) is 0. The molecule has 148 valence electrons. The van der Waals surface area contributed by atoms with Gasteiger partial charge in [-0.05, 0) is 62.6 Å². The molecular weight excluding hydrogens is 300 g/mol. The third-order valence-corrected chi connectivity index (χ3v) is 11.4. The maximum absolute atomic E-state index is 2.61. The van der Waals surface area contributed by atoms with Gasteiger partial charge in [-0.2, -0.15) is 0 Å². The molecule has 6 unspecified atom stereocenters. The van der Waals surface area contributed by atoms with Crippen molar-refractivity contribution in [2.24, 2.45) is 62.6 Å². The zero-order valence-corrected chi connectivity index (χ0v) is 20.0.